The normalized spacial score (nSPS) is 10.7. The average Bonchev–Trinajstić information content (AvgIpc) is 0.819. The number of carbonyl (C=O) groups is 4. The zero-order valence-electron chi connectivity index (χ0n) is 67.9. The zero-order valence-corrected chi connectivity index (χ0v) is 67.9. The Morgan fingerprint density at radius 3 is 0.850 bits per heavy atom. The van der Waals surface area contributed by atoms with Gasteiger partial charge in [-0.1, -0.05) is 133 Å². The molecule has 0 saturated carbocycles. The minimum atomic E-state index is -0.340. The number of anilines is 4. The Kier molecular flexibility index (Phi) is 28.8. The van der Waals surface area contributed by atoms with Gasteiger partial charge >= 0.3 is 0 Å². The highest BCUT2D eigenvalue weighted by atomic mass is 19.1. The first-order valence-electron chi connectivity index (χ1n) is 40.3. The van der Waals surface area contributed by atoms with Crippen molar-refractivity contribution in [2.24, 2.45) is 0 Å². The summed E-state index contributed by atoms with van der Waals surface area (Å²) in [6, 6.07) is 92.9. The second kappa shape index (κ2) is 42.2. The second-order valence-corrected chi connectivity index (χ2v) is 29.1. The Morgan fingerprint density at radius 2 is 0.520 bits per heavy atom. The van der Waals surface area contributed by atoms with E-state index < -0.39 is 0 Å². The molecule has 0 aliphatic heterocycles. The number of fused-ring (bicyclic) bond motifs is 1. The molecular weight excluding hydrogens is 1610 g/mol. The highest BCUT2D eigenvalue weighted by Crippen LogP contribution is 2.35. The Labute approximate surface area is 727 Å². The highest BCUT2D eigenvalue weighted by molar-refractivity contribution is 5.98. The van der Waals surface area contributed by atoms with E-state index in [1.807, 2.05) is 133 Å². The standard InChI is InChI=1S/C28H20FN3O2.C26H22FN3O2.C25H20FN3O2.C24H18FN3O2/c29-23-11-7-20(8-12-23)25-17-30-28(27(31-25)21-9-13-24(33)14-10-21)32-26(34)16-18-5-6-19-3-1-2-4-22(19)15-18;27-21-13-9-19(10-14-21)23-17-28-26(25(29-23)20-11-15-22(31)16-12-20)30-24(32)8-4-7-18-5-2-1-3-6-18;26-20-11-7-18(8-12-20)22-16-27-25(24(28-22)19-9-13-21(30)14-10-19)29-23(31)15-6-17-4-2-1-3-5-17;25-19-10-6-17(7-11-19)21-15-26-24(23(27-21)18-8-12-20(29)13-9-18)28-22(30)14-16-4-2-1-3-5-16/h1-15,17,33H,16H2,(H,30,32,34);1-3,5-6,9-17,31H,4,7-8H2,(H,28,30,32);1-5,7-14,16,30H,6,15H2,(H,27,29,31);1-13,15,29H,14H2,(H,26,28,30). The molecule has 13 aromatic carbocycles. The third-order valence-corrected chi connectivity index (χ3v) is 19.8. The molecule has 0 atom stereocenters. The number of phenolic OH excluding ortho intramolecular Hbond substituents is 4. The van der Waals surface area contributed by atoms with Crippen LogP contribution in [0.25, 0.3) is 101 Å². The molecule has 4 heterocycles. The zero-order chi connectivity index (χ0) is 88.4. The SMILES string of the molecule is O=C(CCCc1ccccc1)Nc1ncc(-c2ccc(F)cc2)nc1-c1ccc(O)cc1.O=C(CCc1ccccc1)Nc1ncc(-c2ccc(F)cc2)nc1-c1ccc(O)cc1.O=C(Cc1ccc2ccccc2c1)Nc1ncc(-c2ccc(F)cc2)nc1-c1ccc(O)cc1.O=C(Cc1ccccc1)Nc1ncc(-c2ccc(F)cc2)nc1-c1ccc(O)cc1. The van der Waals surface area contributed by atoms with Gasteiger partial charge in [-0.2, -0.15) is 0 Å². The van der Waals surface area contributed by atoms with Gasteiger partial charge in [-0.05, 0) is 246 Å². The van der Waals surface area contributed by atoms with Gasteiger partial charge in [-0.15, -0.1) is 0 Å². The van der Waals surface area contributed by atoms with E-state index in [-0.39, 0.29) is 82.7 Å². The minimum absolute atomic E-state index is 0.119. The van der Waals surface area contributed by atoms with Gasteiger partial charge < -0.3 is 41.7 Å². The van der Waals surface area contributed by atoms with E-state index in [4.69, 9.17) is 4.98 Å². The van der Waals surface area contributed by atoms with Crippen LogP contribution in [0.15, 0.2) is 352 Å². The van der Waals surface area contributed by atoms with Gasteiger partial charge in [0.1, 0.15) is 69.0 Å². The first-order chi connectivity index (χ1) is 61.8. The van der Waals surface area contributed by atoms with Gasteiger partial charge in [0.15, 0.2) is 23.3 Å². The van der Waals surface area contributed by atoms with E-state index in [1.54, 1.807) is 152 Å². The van der Waals surface area contributed by atoms with E-state index in [9.17, 15) is 57.2 Å². The van der Waals surface area contributed by atoms with Crippen molar-refractivity contribution in [1.29, 1.82) is 0 Å². The first-order valence-corrected chi connectivity index (χ1v) is 40.3. The summed E-state index contributed by atoms with van der Waals surface area (Å²) < 4.78 is 53.2. The Hall–Kier alpha value is -16.8. The number of hydrogen-bond acceptors (Lipinski definition) is 16. The predicted molar refractivity (Wildman–Crippen MR) is 485 cm³/mol. The summed E-state index contributed by atoms with van der Waals surface area (Å²) >= 11 is 0. The van der Waals surface area contributed by atoms with Crippen LogP contribution in [-0.4, -0.2) is 83.9 Å². The van der Waals surface area contributed by atoms with E-state index in [0.29, 0.717) is 139 Å². The topological polar surface area (TPSA) is 300 Å². The number of nitrogens with zero attached hydrogens (tertiary/aromatic N) is 8. The number of halogens is 4. The molecule has 0 radical (unpaired) electrons. The smallest absolute Gasteiger partial charge is 0.230 e. The molecule has 0 saturated heterocycles. The lowest BCUT2D eigenvalue weighted by atomic mass is 10.0. The van der Waals surface area contributed by atoms with Gasteiger partial charge in [-0.25, -0.2) is 57.4 Å². The quantitative estimate of drug-likeness (QED) is 0.0276. The summed E-state index contributed by atoms with van der Waals surface area (Å²) in [6.07, 6.45) is 9.37. The molecular formula is C103H80F4N12O8. The van der Waals surface area contributed by atoms with Crippen molar-refractivity contribution in [3.8, 4) is 113 Å². The molecule has 0 spiro atoms. The number of nitrogens with one attached hydrogen (secondary N) is 4. The second-order valence-electron chi connectivity index (χ2n) is 29.1. The molecule has 24 heteroatoms. The number of phenols is 4. The van der Waals surface area contributed by atoms with Crippen molar-refractivity contribution in [2.75, 3.05) is 21.3 Å². The number of aryl methyl sites for hydroxylation is 2. The average molecular weight is 1690 g/mol. The largest absolute Gasteiger partial charge is 0.508 e. The highest BCUT2D eigenvalue weighted by Gasteiger charge is 2.21. The molecule has 8 N–H and O–H groups in total. The van der Waals surface area contributed by atoms with Crippen LogP contribution in [0.4, 0.5) is 40.8 Å². The van der Waals surface area contributed by atoms with E-state index in [2.05, 4.69) is 56.2 Å². The maximum absolute atomic E-state index is 13.4. The maximum Gasteiger partial charge on any atom is 0.230 e. The Morgan fingerprint density at radius 1 is 0.252 bits per heavy atom. The third kappa shape index (κ3) is 24.5. The third-order valence-electron chi connectivity index (χ3n) is 19.8. The van der Waals surface area contributed by atoms with Crippen LogP contribution in [-0.2, 0) is 44.9 Å². The molecule has 0 bridgehead atoms. The van der Waals surface area contributed by atoms with Gasteiger partial charge in [0.2, 0.25) is 23.6 Å². The summed E-state index contributed by atoms with van der Waals surface area (Å²) in [6.45, 7) is 0. The molecule has 628 valence electrons. The molecule has 4 aromatic heterocycles. The number of aromatic nitrogens is 8. The molecule has 20 nitrogen and oxygen atoms in total. The van der Waals surface area contributed by atoms with Crippen LogP contribution in [0.1, 0.15) is 41.5 Å². The van der Waals surface area contributed by atoms with E-state index >= 15 is 0 Å². The number of amides is 4. The molecule has 0 unspecified atom stereocenters. The van der Waals surface area contributed by atoms with E-state index in [1.165, 1.54) is 72.4 Å². The lowest BCUT2D eigenvalue weighted by Gasteiger charge is -2.12. The van der Waals surface area contributed by atoms with Crippen molar-refractivity contribution in [2.45, 2.75) is 44.9 Å². The summed E-state index contributed by atoms with van der Waals surface area (Å²) in [5.74, 6) is -0.328. The lowest BCUT2D eigenvalue weighted by molar-refractivity contribution is -0.117. The first kappa shape index (κ1) is 86.6. The van der Waals surface area contributed by atoms with Crippen molar-refractivity contribution in [3.05, 3.63) is 398 Å². The Bertz CT molecular complexity index is 6620. The van der Waals surface area contributed by atoms with Crippen molar-refractivity contribution in [1.82, 2.24) is 39.9 Å². The van der Waals surface area contributed by atoms with Gasteiger partial charge in [0, 0.05) is 57.3 Å². The van der Waals surface area contributed by atoms with Crippen molar-refractivity contribution >= 4 is 57.7 Å². The van der Waals surface area contributed by atoms with Crippen LogP contribution in [0.2, 0.25) is 0 Å². The number of aromatic hydroxyl groups is 4. The fourth-order valence-electron chi connectivity index (χ4n) is 13.3. The molecule has 0 fully saturated rings. The summed E-state index contributed by atoms with van der Waals surface area (Å²) in [7, 11) is 0. The summed E-state index contributed by atoms with van der Waals surface area (Å²) in [5, 5.41) is 52.1. The van der Waals surface area contributed by atoms with Crippen molar-refractivity contribution < 1.29 is 57.2 Å². The summed E-state index contributed by atoms with van der Waals surface area (Å²) in [5.41, 5.74) is 13.6. The van der Waals surface area contributed by atoms with E-state index in [0.717, 1.165) is 33.9 Å². The number of carbonyl (C=O) groups excluding carboxylic acids is 4. The number of benzene rings is 13. The molecule has 0 aliphatic rings. The van der Waals surface area contributed by atoms with Crippen molar-refractivity contribution in [3.63, 3.8) is 0 Å². The lowest BCUT2D eigenvalue weighted by Crippen LogP contribution is -2.16. The summed E-state index contributed by atoms with van der Waals surface area (Å²) in [4.78, 5) is 87.0. The predicted octanol–water partition coefficient (Wildman–Crippen LogP) is 21.7. The molecule has 0 aliphatic carbocycles. The van der Waals surface area contributed by atoms with Crippen LogP contribution in [0, 0.1) is 23.3 Å². The van der Waals surface area contributed by atoms with Gasteiger partial charge in [0.25, 0.3) is 0 Å². The Balaban J connectivity index is 0.000000137. The fourth-order valence-corrected chi connectivity index (χ4v) is 13.3. The van der Waals surface area contributed by atoms with Crippen LogP contribution in [0.3, 0.4) is 0 Å². The molecule has 17 aromatic rings. The van der Waals surface area contributed by atoms with Gasteiger partial charge in [0.05, 0.1) is 60.4 Å². The number of hydrogen-bond donors (Lipinski definition) is 8. The molecule has 4 amide bonds. The maximum atomic E-state index is 13.4. The monoisotopic (exact) mass is 1690 g/mol. The van der Waals surface area contributed by atoms with Crippen LogP contribution >= 0.6 is 0 Å². The van der Waals surface area contributed by atoms with Gasteiger partial charge in [-0.3, -0.25) is 19.2 Å². The molecule has 17 rings (SSSR count). The van der Waals surface area contributed by atoms with Crippen LogP contribution in [0.5, 0.6) is 23.0 Å². The number of rotatable bonds is 23. The molecule has 127 heavy (non-hydrogen) atoms. The minimum Gasteiger partial charge on any atom is -0.508 e. The fraction of sp³-hybridized carbons (Fsp3) is 0.0680. The van der Waals surface area contributed by atoms with Crippen LogP contribution < -0.4 is 21.3 Å².